The van der Waals surface area contributed by atoms with E-state index in [2.05, 4.69) is 30.1 Å². The monoisotopic (exact) mass is 280 g/mol. The zero-order valence-corrected chi connectivity index (χ0v) is 11.4. The quantitative estimate of drug-likeness (QED) is 0.726. The molecule has 7 heteroatoms. The molecule has 0 bridgehead atoms. The molecular formula is C14H12N6O. The fourth-order valence-corrected chi connectivity index (χ4v) is 2.05. The number of nitrogens with zero attached hydrogens (tertiary/aromatic N) is 6. The van der Waals surface area contributed by atoms with Crippen LogP contribution < -0.4 is 0 Å². The highest BCUT2D eigenvalue weighted by Crippen LogP contribution is 2.38. The van der Waals surface area contributed by atoms with E-state index in [1.165, 1.54) is 19.2 Å². The summed E-state index contributed by atoms with van der Waals surface area (Å²) in [6, 6.07) is 0. The SMILES string of the molecule is Cc1ncncc1-c1nnc(-c2cnc(C3CC3)nc2)o1. The summed E-state index contributed by atoms with van der Waals surface area (Å²) in [6.07, 6.45) is 8.96. The molecule has 1 fully saturated rings. The Bertz CT molecular complexity index is 778. The van der Waals surface area contributed by atoms with Gasteiger partial charge in [-0.2, -0.15) is 0 Å². The predicted molar refractivity (Wildman–Crippen MR) is 73.1 cm³/mol. The Morgan fingerprint density at radius 1 is 1.00 bits per heavy atom. The van der Waals surface area contributed by atoms with E-state index in [1.807, 2.05) is 6.92 Å². The number of aromatic nitrogens is 6. The summed E-state index contributed by atoms with van der Waals surface area (Å²) in [7, 11) is 0. The minimum Gasteiger partial charge on any atom is -0.416 e. The summed E-state index contributed by atoms with van der Waals surface area (Å²) < 4.78 is 5.67. The van der Waals surface area contributed by atoms with Crippen LogP contribution in [0.25, 0.3) is 22.9 Å². The van der Waals surface area contributed by atoms with Crippen molar-refractivity contribution in [1.29, 1.82) is 0 Å². The summed E-state index contributed by atoms with van der Waals surface area (Å²) in [5.41, 5.74) is 2.24. The van der Waals surface area contributed by atoms with Gasteiger partial charge >= 0.3 is 0 Å². The van der Waals surface area contributed by atoms with Crippen LogP contribution >= 0.6 is 0 Å². The van der Waals surface area contributed by atoms with Crippen molar-refractivity contribution in [3.05, 3.63) is 36.4 Å². The van der Waals surface area contributed by atoms with Gasteiger partial charge in [0.25, 0.3) is 11.8 Å². The van der Waals surface area contributed by atoms with E-state index in [-0.39, 0.29) is 0 Å². The van der Waals surface area contributed by atoms with E-state index in [4.69, 9.17) is 4.42 Å². The van der Waals surface area contributed by atoms with Crippen molar-refractivity contribution in [3.8, 4) is 22.9 Å². The molecule has 0 spiro atoms. The van der Waals surface area contributed by atoms with Crippen LogP contribution in [0.4, 0.5) is 0 Å². The van der Waals surface area contributed by atoms with Crippen LogP contribution in [0.15, 0.2) is 29.3 Å². The molecule has 4 rings (SSSR count). The van der Waals surface area contributed by atoms with Crippen molar-refractivity contribution in [2.24, 2.45) is 0 Å². The van der Waals surface area contributed by atoms with E-state index in [1.54, 1.807) is 18.6 Å². The number of aryl methyl sites for hydroxylation is 1. The molecule has 1 saturated carbocycles. The Morgan fingerprint density at radius 2 is 1.76 bits per heavy atom. The molecule has 104 valence electrons. The van der Waals surface area contributed by atoms with Gasteiger partial charge in [0, 0.05) is 24.5 Å². The van der Waals surface area contributed by atoms with Gasteiger partial charge in [-0.15, -0.1) is 10.2 Å². The van der Waals surface area contributed by atoms with Gasteiger partial charge in [-0.25, -0.2) is 19.9 Å². The van der Waals surface area contributed by atoms with Crippen LogP contribution in [0.2, 0.25) is 0 Å². The highest BCUT2D eigenvalue weighted by Gasteiger charge is 2.26. The zero-order chi connectivity index (χ0) is 14.2. The Labute approximate surface area is 120 Å². The molecule has 7 nitrogen and oxygen atoms in total. The molecule has 0 saturated heterocycles. The van der Waals surface area contributed by atoms with Crippen molar-refractivity contribution in [2.75, 3.05) is 0 Å². The first-order chi connectivity index (χ1) is 10.3. The third kappa shape index (κ3) is 2.26. The Hall–Kier alpha value is -2.70. The maximum absolute atomic E-state index is 5.67. The van der Waals surface area contributed by atoms with Gasteiger partial charge in [0.05, 0.1) is 16.8 Å². The van der Waals surface area contributed by atoms with Crippen molar-refractivity contribution in [1.82, 2.24) is 30.1 Å². The standard InChI is InChI=1S/C14H12N6O/c1-8-11(6-15-7-18-8)14-20-19-13(21-14)10-4-16-12(17-5-10)9-2-3-9/h4-7,9H,2-3H2,1H3. The van der Waals surface area contributed by atoms with Crippen molar-refractivity contribution in [3.63, 3.8) is 0 Å². The average molecular weight is 280 g/mol. The van der Waals surface area contributed by atoms with E-state index in [9.17, 15) is 0 Å². The molecule has 0 unspecified atom stereocenters. The maximum Gasteiger partial charge on any atom is 0.251 e. The van der Waals surface area contributed by atoms with Crippen molar-refractivity contribution >= 4 is 0 Å². The molecule has 0 aliphatic heterocycles. The van der Waals surface area contributed by atoms with Crippen LogP contribution in [0.5, 0.6) is 0 Å². The lowest BCUT2D eigenvalue weighted by Gasteiger charge is -1.98. The smallest absolute Gasteiger partial charge is 0.251 e. The second kappa shape index (κ2) is 4.69. The van der Waals surface area contributed by atoms with Gasteiger partial charge in [0.2, 0.25) is 0 Å². The first kappa shape index (κ1) is 12.1. The molecule has 0 radical (unpaired) electrons. The molecule has 1 aliphatic carbocycles. The van der Waals surface area contributed by atoms with Crippen LogP contribution in [-0.2, 0) is 0 Å². The topological polar surface area (TPSA) is 90.5 Å². The Morgan fingerprint density at radius 3 is 2.48 bits per heavy atom. The summed E-state index contributed by atoms with van der Waals surface area (Å²) >= 11 is 0. The van der Waals surface area contributed by atoms with E-state index in [0.29, 0.717) is 23.3 Å². The van der Waals surface area contributed by atoms with E-state index < -0.39 is 0 Å². The normalized spacial score (nSPS) is 14.3. The van der Waals surface area contributed by atoms with Gasteiger partial charge in [-0.05, 0) is 19.8 Å². The molecule has 3 aromatic heterocycles. The zero-order valence-electron chi connectivity index (χ0n) is 11.4. The molecule has 3 heterocycles. The molecule has 0 atom stereocenters. The van der Waals surface area contributed by atoms with Gasteiger partial charge in [-0.3, -0.25) is 0 Å². The van der Waals surface area contributed by atoms with Gasteiger partial charge in [0.15, 0.2) is 0 Å². The Kier molecular flexibility index (Phi) is 2.70. The average Bonchev–Trinajstić information content (AvgIpc) is 3.26. The lowest BCUT2D eigenvalue weighted by Crippen LogP contribution is -1.92. The highest BCUT2D eigenvalue weighted by molar-refractivity contribution is 5.57. The van der Waals surface area contributed by atoms with Crippen LogP contribution in [0.3, 0.4) is 0 Å². The molecule has 0 aromatic carbocycles. The summed E-state index contributed by atoms with van der Waals surface area (Å²) in [5.74, 6) is 2.22. The number of hydrogen-bond acceptors (Lipinski definition) is 7. The second-order valence-electron chi connectivity index (χ2n) is 5.04. The molecule has 0 N–H and O–H groups in total. The van der Waals surface area contributed by atoms with E-state index in [0.717, 1.165) is 17.1 Å². The lowest BCUT2D eigenvalue weighted by atomic mass is 10.2. The first-order valence-electron chi connectivity index (χ1n) is 6.74. The van der Waals surface area contributed by atoms with Crippen LogP contribution in [-0.4, -0.2) is 30.1 Å². The van der Waals surface area contributed by atoms with Crippen molar-refractivity contribution in [2.45, 2.75) is 25.7 Å². The Balaban J connectivity index is 1.66. The van der Waals surface area contributed by atoms with Gasteiger partial charge < -0.3 is 4.42 Å². The molecule has 1 aliphatic rings. The van der Waals surface area contributed by atoms with E-state index >= 15 is 0 Å². The summed E-state index contributed by atoms with van der Waals surface area (Å²) in [5, 5.41) is 8.08. The molecule has 0 amide bonds. The molecule has 21 heavy (non-hydrogen) atoms. The maximum atomic E-state index is 5.67. The fraction of sp³-hybridized carbons (Fsp3) is 0.286. The van der Waals surface area contributed by atoms with Gasteiger partial charge in [0.1, 0.15) is 12.2 Å². The number of rotatable bonds is 3. The third-order valence-electron chi connectivity index (χ3n) is 3.43. The minimum absolute atomic E-state index is 0.398. The third-order valence-corrected chi connectivity index (χ3v) is 3.43. The van der Waals surface area contributed by atoms with Crippen molar-refractivity contribution < 1.29 is 4.42 Å². The number of hydrogen-bond donors (Lipinski definition) is 0. The van der Waals surface area contributed by atoms with Crippen LogP contribution in [0.1, 0.15) is 30.3 Å². The largest absolute Gasteiger partial charge is 0.416 e. The first-order valence-corrected chi connectivity index (χ1v) is 6.74. The highest BCUT2D eigenvalue weighted by atomic mass is 16.4. The summed E-state index contributed by atoms with van der Waals surface area (Å²) in [6.45, 7) is 1.87. The predicted octanol–water partition coefficient (Wildman–Crippen LogP) is 2.17. The lowest BCUT2D eigenvalue weighted by molar-refractivity contribution is 0.582. The van der Waals surface area contributed by atoms with Crippen LogP contribution in [0, 0.1) is 6.92 Å². The molecule has 3 aromatic rings. The van der Waals surface area contributed by atoms with Gasteiger partial charge in [-0.1, -0.05) is 0 Å². The fourth-order valence-electron chi connectivity index (χ4n) is 2.05. The minimum atomic E-state index is 0.398. The second-order valence-corrected chi connectivity index (χ2v) is 5.04. The summed E-state index contributed by atoms with van der Waals surface area (Å²) in [4.78, 5) is 16.8. The molecular weight excluding hydrogens is 268 g/mol.